The van der Waals surface area contributed by atoms with Crippen LogP contribution in [0.4, 0.5) is 0 Å². The molecule has 1 aliphatic heterocycles. The van der Waals surface area contributed by atoms with Crippen LogP contribution in [0.25, 0.3) is 0 Å². The first kappa shape index (κ1) is 28.2. The van der Waals surface area contributed by atoms with Crippen molar-refractivity contribution in [3.63, 3.8) is 0 Å². The summed E-state index contributed by atoms with van der Waals surface area (Å²) < 4.78 is 4.95. The minimum atomic E-state index is -0.656. The lowest BCUT2D eigenvalue weighted by Gasteiger charge is -2.30. The molecule has 27 heavy (non-hydrogen) atoms. The third kappa shape index (κ3) is 10.2. The van der Waals surface area contributed by atoms with Crippen LogP contribution in [0.3, 0.4) is 0 Å². The Morgan fingerprint density at radius 2 is 2.07 bits per heavy atom. The summed E-state index contributed by atoms with van der Waals surface area (Å²) >= 11 is 0. The average molecular weight is 579 g/mol. The number of amidine groups is 1. The first-order valence-corrected chi connectivity index (χ1v) is 8.13. The smallest absolute Gasteiger partial charge is 0.430 e. The second-order valence-electron chi connectivity index (χ2n) is 5.96. The van der Waals surface area contributed by atoms with Gasteiger partial charge in [-0.15, -0.1) is 50.9 Å². The van der Waals surface area contributed by atoms with E-state index in [1.165, 1.54) is 25.2 Å². The van der Waals surface area contributed by atoms with Crippen molar-refractivity contribution >= 4 is 62.7 Å². The number of hydrogen-bond acceptors (Lipinski definition) is 6. The highest BCUT2D eigenvalue weighted by atomic mass is 79.9. The van der Waals surface area contributed by atoms with Gasteiger partial charge in [0.25, 0.3) is 0 Å². The summed E-state index contributed by atoms with van der Waals surface area (Å²) in [4.78, 5) is 12.7. The Morgan fingerprint density at radius 3 is 2.63 bits per heavy atom. The topological polar surface area (TPSA) is 120 Å². The fraction of sp³-hybridized carbons (Fsp3) is 0.600. The van der Waals surface area contributed by atoms with Gasteiger partial charge < -0.3 is 24.7 Å². The van der Waals surface area contributed by atoms with E-state index in [2.05, 4.69) is 27.7 Å². The van der Waals surface area contributed by atoms with Crippen molar-refractivity contribution in [1.29, 1.82) is 5.41 Å². The van der Waals surface area contributed by atoms with E-state index in [0.29, 0.717) is 6.54 Å². The Kier molecular flexibility index (Phi) is 15.7. The van der Waals surface area contributed by atoms with Gasteiger partial charge in [0.15, 0.2) is 0 Å². The van der Waals surface area contributed by atoms with Crippen LogP contribution in [0.2, 0.25) is 0 Å². The van der Waals surface area contributed by atoms with Crippen molar-refractivity contribution in [2.75, 3.05) is 26.2 Å². The predicted molar refractivity (Wildman–Crippen MR) is 122 cm³/mol. The van der Waals surface area contributed by atoms with Gasteiger partial charge in [0.2, 0.25) is 11.7 Å². The molecule has 2 rings (SSSR count). The Bertz CT molecular complexity index is 577. The molecule has 156 valence electrons. The molecular formula is C15H27Br3N6O3. The number of rotatable bonds is 6. The van der Waals surface area contributed by atoms with Crippen LogP contribution in [-0.4, -0.2) is 47.8 Å². The van der Waals surface area contributed by atoms with Crippen molar-refractivity contribution in [1.82, 2.24) is 15.6 Å². The van der Waals surface area contributed by atoms with Crippen LogP contribution in [0.5, 0.6) is 0 Å². The highest BCUT2D eigenvalue weighted by molar-refractivity contribution is 8.93. The van der Waals surface area contributed by atoms with Crippen LogP contribution >= 0.6 is 50.9 Å². The van der Waals surface area contributed by atoms with Crippen molar-refractivity contribution in [3.8, 4) is 0 Å². The average Bonchev–Trinajstić information content (AvgIpc) is 3.07. The SMILES string of the molecule is Br.Br.Br.CC1CCN(CCCNC(=N)NN=C(c2ccco2)[N+](=O)[O-])CC1. The molecule has 0 aliphatic carbocycles. The van der Waals surface area contributed by atoms with E-state index in [9.17, 15) is 10.1 Å². The quantitative estimate of drug-likeness (QED) is 0.157. The van der Waals surface area contributed by atoms with E-state index >= 15 is 0 Å². The molecule has 0 atom stereocenters. The zero-order valence-electron chi connectivity index (χ0n) is 15.1. The van der Waals surface area contributed by atoms with Gasteiger partial charge in [-0.2, -0.15) is 5.43 Å². The van der Waals surface area contributed by atoms with E-state index in [0.717, 1.165) is 32.0 Å². The van der Waals surface area contributed by atoms with Gasteiger partial charge in [0, 0.05) is 6.54 Å². The van der Waals surface area contributed by atoms with E-state index in [1.54, 1.807) is 6.07 Å². The highest BCUT2D eigenvalue weighted by Gasteiger charge is 2.20. The molecule has 0 saturated carbocycles. The summed E-state index contributed by atoms with van der Waals surface area (Å²) in [6, 6.07) is 2.99. The van der Waals surface area contributed by atoms with Gasteiger partial charge in [0.05, 0.1) is 11.4 Å². The zero-order chi connectivity index (χ0) is 17.4. The largest absolute Gasteiger partial charge is 0.456 e. The number of nitro groups is 1. The van der Waals surface area contributed by atoms with Gasteiger partial charge in [0.1, 0.15) is 0 Å². The summed E-state index contributed by atoms with van der Waals surface area (Å²) in [6.07, 6.45) is 4.73. The van der Waals surface area contributed by atoms with Gasteiger partial charge in [-0.1, -0.05) is 6.92 Å². The molecule has 1 saturated heterocycles. The summed E-state index contributed by atoms with van der Waals surface area (Å²) in [5, 5.41) is 25.1. The monoisotopic (exact) mass is 576 g/mol. The Labute approximate surface area is 190 Å². The molecule has 12 heteroatoms. The maximum Gasteiger partial charge on any atom is 0.430 e. The second-order valence-corrected chi connectivity index (χ2v) is 5.96. The van der Waals surface area contributed by atoms with Crippen LogP contribution < -0.4 is 10.7 Å². The molecule has 0 aromatic carbocycles. The van der Waals surface area contributed by atoms with E-state index in [-0.39, 0.29) is 62.7 Å². The third-order valence-electron chi connectivity index (χ3n) is 4.02. The second kappa shape index (κ2) is 15.0. The minimum Gasteiger partial charge on any atom is -0.456 e. The fourth-order valence-electron chi connectivity index (χ4n) is 2.54. The molecule has 1 aromatic rings. The number of piperidine rings is 1. The van der Waals surface area contributed by atoms with Gasteiger partial charge >= 0.3 is 5.84 Å². The fourth-order valence-corrected chi connectivity index (χ4v) is 2.54. The normalized spacial score (nSPS) is 14.9. The number of nitrogens with zero attached hydrogens (tertiary/aromatic N) is 3. The lowest BCUT2D eigenvalue weighted by molar-refractivity contribution is -0.350. The van der Waals surface area contributed by atoms with E-state index in [4.69, 9.17) is 9.83 Å². The Morgan fingerprint density at radius 1 is 1.41 bits per heavy atom. The molecule has 0 radical (unpaired) electrons. The maximum atomic E-state index is 10.9. The molecule has 2 heterocycles. The maximum absolute atomic E-state index is 10.9. The van der Waals surface area contributed by atoms with Crippen molar-refractivity contribution in [3.05, 3.63) is 34.3 Å². The number of halogens is 3. The number of hydrogen-bond donors (Lipinski definition) is 3. The zero-order valence-corrected chi connectivity index (χ0v) is 20.2. The standard InChI is InChI=1S/C15H24N6O3.3BrH/c1-12-5-9-20(10-6-12)8-3-7-17-15(16)19-18-14(21(22)23)13-4-2-11-24-13;;;/h2,4,11-12H,3,5-10H2,1H3,(H3,16,17,19);3*1H. The molecule has 9 nitrogen and oxygen atoms in total. The molecule has 0 unspecified atom stereocenters. The molecule has 0 amide bonds. The van der Waals surface area contributed by atoms with Crippen molar-refractivity contribution in [2.45, 2.75) is 26.2 Å². The van der Waals surface area contributed by atoms with Gasteiger partial charge in [-0.25, -0.2) is 0 Å². The number of likely N-dealkylation sites (tertiary alicyclic amines) is 1. The van der Waals surface area contributed by atoms with E-state index in [1.807, 2.05) is 0 Å². The third-order valence-corrected chi connectivity index (χ3v) is 4.02. The van der Waals surface area contributed by atoms with Crippen LogP contribution in [-0.2, 0) is 0 Å². The summed E-state index contributed by atoms with van der Waals surface area (Å²) in [6.45, 7) is 6.16. The predicted octanol–water partition coefficient (Wildman–Crippen LogP) is 3.19. The number of nitrogens with one attached hydrogen (secondary N) is 3. The number of hydrazone groups is 1. The molecule has 1 fully saturated rings. The summed E-state index contributed by atoms with van der Waals surface area (Å²) in [7, 11) is 0. The number of guanidine groups is 1. The summed E-state index contributed by atoms with van der Waals surface area (Å²) in [5.74, 6) is 0.321. The molecule has 3 N–H and O–H groups in total. The minimum absolute atomic E-state index is 0. The molecule has 0 spiro atoms. The lowest BCUT2D eigenvalue weighted by Crippen LogP contribution is -2.38. The molecule has 1 aromatic heterocycles. The first-order valence-electron chi connectivity index (χ1n) is 8.13. The van der Waals surface area contributed by atoms with Crippen molar-refractivity contribution in [2.24, 2.45) is 11.0 Å². The summed E-state index contributed by atoms with van der Waals surface area (Å²) in [5.41, 5.74) is 2.34. The molecule has 1 aliphatic rings. The van der Waals surface area contributed by atoms with Gasteiger partial charge in [-0.3, -0.25) is 5.41 Å². The first-order chi connectivity index (χ1) is 11.6. The van der Waals surface area contributed by atoms with Crippen LogP contribution in [0, 0.1) is 21.4 Å². The Hall–Kier alpha value is -0.980. The van der Waals surface area contributed by atoms with Crippen LogP contribution in [0.15, 0.2) is 27.9 Å². The number of furan rings is 1. The van der Waals surface area contributed by atoms with E-state index < -0.39 is 10.8 Å². The lowest BCUT2D eigenvalue weighted by atomic mass is 9.99. The Balaban J connectivity index is 0. The highest BCUT2D eigenvalue weighted by Crippen LogP contribution is 2.15. The van der Waals surface area contributed by atoms with Gasteiger partial charge in [-0.05, 0) is 61.9 Å². The molecule has 0 bridgehead atoms. The molecular weight excluding hydrogens is 552 g/mol. The van der Waals surface area contributed by atoms with Crippen LogP contribution in [0.1, 0.15) is 31.9 Å². The van der Waals surface area contributed by atoms with Crippen molar-refractivity contribution < 1.29 is 9.34 Å².